The van der Waals surface area contributed by atoms with Crippen molar-refractivity contribution in [3.8, 4) is 0 Å². The third-order valence-electron chi connectivity index (χ3n) is 4.71. The van der Waals surface area contributed by atoms with E-state index in [2.05, 4.69) is 26.8 Å². The average Bonchev–Trinajstić information content (AvgIpc) is 3.40. The number of hydrogen-bond acceptors (Lipinski definition) is 6. The highest BCUT2D eigenvalue weighted by molar-refractivity contribution is 5.91. The number of aromatic nitrogens is 3. The summed E-state index contributed by atoms with van der Waals surface area (Å²) in [7, 11) is 2.08. The SMILES string of the molecule is CN1CCN(c2ncc3c(=O)c(C(=O)O)cn(C4CC4)c3n2)CC1. The second kappa shape index (κ2) is 5.55. The second-order valence-corrected chi connectivity index (χ2v) is 6.51. The first-order valence-electron chi connectivity index (χ1n) is 8.13. The normalized spacial score (nSPS) is 19.0. The molecule has 0 bridgehead atoms. The average molecular weight is 329 g/mol. The molecule has 1 aliphatic heterocycles. The van der Waals surface area contributed by atoms with E-state index >= 15 is 0 Å². The molecule has 126 valence electrons. The van der Waals surface area contributed by atoms with E-state index in [1.807, 2.05) is 4.57 Å². The highest BCUT2D eigenvalue weighted by Crippen LogP contribution is 2.36. The van der Waals surface area contributed by atoms with Crippen molar-refractivity contribution >= 4 is 23.0 Å². The zero-order chi connectivity index (χ0) is 16.8. The lowest BCUT2D eigenvalue weighted by Crippen LogP contribution is -2.45. The van der Waals surface area contributed by atoms with Gasteiger partial charge in [0, 0.05) is 44.6 Å². The summed E-state index contributed by atoms with van der Waals surface area (Å²) in [5, 5.41) is 9.55. The first-order chi connectivity index (χ1) is 11.5. The van der Waals surface area contributed by atoms with Gasteiger partial charge in [0.2, 0.25) is 11.4 Å². The van der Waals surface area contributed by atoms with Crippen molar-refractivity contribution in [1.82, 2.24) is 19.4 Å². The summed E-state index contributed by atoms with van der Waals surface area (Å²) in [6.45, 7) is 3.55. The highest BCUT2D eigenvalue weighted by Gasteiger charge is 2.28. The number of carboxylic acids is 1. The molecule has 3 heterocycles. The Kier molecular flexibility index (Phi) is 3.49. The van der Waals surface area contributed by atoms with Crippen molar-refractivity contribution in [2.45, 2.75) is 18.9 Å². The molecule has 1 saturated carbocycles. The molecule has 0 amide bonds. The molecule has 2 aromatic heterocycles. The van der Waals surface area contributed by atoms with Gasteiger partial charge in [-0.15, -0.1) is 0 Å². The molecule has 2 aliphatic rings. The maximum absolute atomic E-state index is 12.4. The molecule has 1 saturated heterocycles. The molecule has 0 spiro atoms. The van der Waals surface area contributed by atoms with Gasteiger partial charge in [-0.25, -0.2) is 9.78 Å². The molecular weight excluding hydrogens is 310 g/mol. The third kappa shape index (κ3) is 2.52. The van der Waals surface area contributed by atoms with Crippen LogP contribution in [0.4, 0.5) is 5.95 Å². The lowest BCUT2D eigenvalue weighted by molar-refractivity contribution is 0.0695. The quantitative estimate of drug-likeness (QED) is 0.880. The zero-order valence-corrected chi connectivity index (χ0v) is 13.5. The van der Waals surface area contributed by atoms with Gasteiger partial charge in [0.05, 0.1) is 5.39 Å². The number of piperazine rings is 1. The van der Waals surface area contributed by atoms with E-state index in [4.69, 9.17) is 0 Å². The predicted molar refractivity (Wildman–Crippen MR) is 88.7 cm³/mol. The van der Waals surface area contributed by atoms with Gasteiger partial charge in [-0.1, -0.05) is 0 Å². The van der Waals surface area contributed by atoms with Crippen LogP contribution in [0, 0.1) is 0 Å². The Labute approximate surface area is 138 Å². The molecule has 1 aliphatic carbocycles. The molecule has 2 aromatic rings. The summed E-state index contributed by atoms with van der Waals surface area (Å²) < 4.78 is 1.83. The fraction of sp³-hybridized carbons (Fsp3) is 0.500. The van der Waals surface area contributed by atoms with Crippen LogP contribution in [0.5, 0.6) is 0 Å². The van der Waals surface area contributed by atoms with Gasteiger partial charge in [0.25, 0.3) is 0 Å². The summed E-state index contributed by atoms with van der Waals surface area (Å²) in [4.78, 5) is 37.0. The van der Waals surface area contributed by atoms with Gasteiger partial charge in [0.15, 0.2) is 0 Å². The van der Waals surface area contributed by atoms with E-state index in [-0.39, 0.29) is 17.0 Å². The smallest absolute Gasteiger partial charge is 0.341 e. The van der Waals surface area contributed by atoms with Crippen molar-refractivity contribution in [3.63, 3.8) is 0 Å². The van der Waals surface area contributed by atoms with E-state index in [1.165, 1.54) is 12.4 Å². The van der Waals surface area contributed by atoms with E-state index in [0.29, 0.717) is 11.6 Å². The number of fused-ring (bicyclic) bond motifs is 1. The monoisotopic (exact) mass is 329 g/mol. The summed E-state index contributed by atoms with van der Waals surface area (Å²) >= 11 is 0. The fourth-order valence-electron chi connectivity index (χ4n) is 3.07. The Morgan fingerprint density at radius 3 is 2.58 bits per heavy atom. The largest absolute Gasteiger partial charge is 0.477 e. The fourth-order valence-corrected chi connectivity index (χ4v) is 3.07. The van der Waals surface area contributed by atoms with Crippen molar-refractivity contribution in [1.29, 1.82) is 0 Å². The summed E-state index contributed by atoms with van der Waals surface area (Å²) in [5.41, 5.74) is -0.193. The molecule has 8 heteroatoms. The number of carbonyl (C=O) groups is 1. The van der Waals surface area contributed by atoms with Crippen LogP contribution in [0.2, 0.25) is 0 Å². The van der Waals surface area contributed by atoms with Crippen LogP contribution in [0.3, 0.4) is 0 Å². The van der Waals surface area contributed by atoms with Crippen LogP contribution in [-0.2, 0) is 0 Å². The lowest BCUT2D eigenvalue weighted by Gasteiger charge is -2.32. The minimum Gasteiger partial charge on any atom is -0.477 e. The van der Waals surface area contributed by atoms with Gasteiger partial charge >= 0.3 is 5.97 Å². The molecule has 8 nitrogen and oxygen atoms in total. The van der Waals surface area contributed by atoms with Gasteiger partial charge in [0.1, 0.15) is 11.2 Å². The number of rotatable bonds is 3. The molecule has 0 atom stereocenters. The van der Waals surface area contributed by atoms with Crippen molar-refractivity contribution in [2.75, 3.05) is 38.1 Å². The number of likely N-dealkylation sites (N-methyl/N-ethyl adjacent to an activating group) is 1. The number of pyridine rings is 1. The summed E-state index contributed by atoms with van der Waals surface area (Å²) in [6, 6.07) is 0.224. The second-order valence-electron chi connectivity index (χ2n) is 6.51. The Morgan fingerprint density at radius 1 is 1.25 bits per heavy atom. The number of nitrogens with zero attached hydrogens (tertiary/aromatic N) is 5. The molecular formula is C16H19N5O3. The molecule has 24 heavy (non-hydrogen) atoms. The lowest BCUT2D eigenvalue weighted by atomic mass is 10.2. The maximum Gasteiger partial charge on any atom is 0.341 e. The standard InChI is InChI=1S/C16H19N5O3/c1-19-4-6-20(7-5-19)16-17-8-11-13(22)12(15(23)24)9-21(10-2-3-10)14(11)18-16/h8-10H,2-7H2,1H3,(H,23,24). The van der Waals surface area contributed by atoms with Gasteiger partial charge in [-0.3, -0.25) is 4.79 Å². The zero-order valence-electron chi connectivity index (χ0n) is 13.5. The van der Waals surface area contributed by atoms with Gasteiger partial charge < -0.3 is 19.5 Å². The summed E-state index contributed by atoms with van der Waals surface area (Å²) in [6.07, 6.45) is 4.87. The molecule has 0 aromatic carbocycles. The van der Waals surface area contributed by atoms with Crippen molar-refractivity contribution in [3.05, 3.63) is 28.2 Å². The Bertz CT molecular complexity index is 866. The molecule has 0 unspecified atom stereocenters. The predicted octanol–water partition coefficient (Wildman–Crippen LogP) is 0.576. The number of carboxylic acid groups (broad SMARTS) is 1. The van der Waals surface area contributed by atoms with Crippen LogP contribution in [-0.4, -0.2) is 63.7 Å². The maximum atomic E-state index is 12.4. The highest BCUT2D eigenvalue weighted by atomic mass is 16.4. The van der Waals surface area contributed by atoms with Crippen LogP contribution in [0.25, 0.3) is 11.0 Å². The van der Waals surface area contributed by atoms with E-state index in [1.54, 1.807) is 0 Å². The van der Waals surface area contributed by atoms with Gasteiger partial charge in [-0.2, -0.15) is 4.98 Å². The first kappa shape index (κ1) is 15.1. The van der Waals surface area contributed by atoms with E-state index < -0.39 is 11.4 Å². The minimum absolute atomic E-state index is 0.217. The molecule has 0 radical (unpaired) electrons. The van der Waals surface area contributed by atoms with E-state index in [9.17, 15) is 14.7 Å². The third-order valence-corrected chi connectivity index (χ3v) is 4.71. The van der Waals surface area contributed by atoms with Crippen LogP contribution >= 0.6 is 0 Å². The van der Waals surface area contributed by atoms with Crippen LogP contribution in [0.15, 0.2) is 17.2 Å². The number of anilines is 1. The summed E-state index contributed by atoms with van der Waals surface area (Å²) in [5.74, 6) is -0.605. The molecule has 1 N–H and O–H groups in total. The Balaban J connectivity index is 1.84. The van der Waals surface area contributed by atoms with Crippen LogP contribution < -0.4 is 10.3 Å². The minimum atomic E-state index is -1.21. The number of aromatic carboxylic acids is 1. The first-order valence-corrected chi connectivity index (χ1v) is 8.13. The van der Waals surface area contributed by atoms with Gasteiger partial charge in [-0.05, 0) is 19.9 Å². The molecule has 4 rings (SSSR count). The van der Waals surface area contributed by atoms with E-state index in [0.717, 1.165) is 39.0 Å². The van der Waals surface area contributed by atoms with Crippen molar-refractivity contribution in [2.24, 2.45) is 0 Å². The number of hydrogen-bond donors (Lipinski definition) is 1. The van der Waals surface area contributed by atoms with Crippen molar-refractivity contribution < 1.29 is 9.90 Å². The Morgan fingerprint density at radius 2 is 1.96 bits per heavy atom. The van der Waals surface area contributed by atoms with Crippen LogP contribution in [0.1, 0.15) is 29.2 Å². The topological polar surface area (TPSA) is 91.6 Å². The Hall–Kier alpha value is -2.48. The molecule has 2 fully saturated rings.